The number of hydrogen-bond acceptors (Lipinski definition) is 6. The summed E-state index contributed by atoms with van der Waals surface area (Å²) in [5.41, 5.74) is 4.42. The third-order valence-corrected chi connectivity index (χ3v) is 6.68. The first-order valence-electron chi connectivity index (χ1n) is 12.7. The molecule has 0 bridgehead atoms. The normalized spacial score (nSPS) is 15.3. The molecule has 0 saturated heterocycles. The molecule has 0 saturated carbocycles. The summed E-state index contributed by atoms with van der Waals surface area (Å²) in [4.78, 5) is 23.5. The number of aliphatic hydroxyl groups excluding tert-OH is 1. The summed E-state index contributed by atoms with van der Waals surface area (Å²) in [5, 5.41) is 18.4. The molecule has 192 valence electrons. The number of rotatable bonds is 10. The van der Waals surface area contributed by atoms with Crippen molar-refractivity contribution in [3.63, 3.8) is 0 Å². The molecule has 3 aromatic rings. The highest BCUT2D eigenvalue weighted by Crippen LogP contribution is 2.29. The minimum absolute atomic E-state index is 0.115. The van der Waals surface area contributed by atoms with Gasteiger partial charge in [-0.3, -0.25) is 14.8 Å². The molecule has 1 aliphatic heterocycles. The number of aliphatic hydroxyl groups is 1. The van der Waals surface area contributed by atoms with E-state index in [9.17, 15) is 9.90 Å². The Labute approximate surface area is 218 Å². The van der Waals surface area contributed by atoms with Gasteiger partial charge >= 0.3 is 0 Å². The molecule has 2 unspecified atom stereocenters. The summed E-state index contributed by atoms with van der Waals surface area (Å²) in [6, 6.07) is 19.5. The van der Waals surface area contributed by atoms with Crippen LogP contribution in [-0.4, -0.2) is 58.6 Å². The number of hydrogen-bond donors (Lipinski definition) is 2. The van der Waals surface area contributed by atoms with Gasteiger partial charge in [0.1, 0.15) is 17.6 Å². The first-order chi connectivity index (χ1) is 17.9. The number of ether oxygens (including phenoxy) is 1. The average Bonchev–Trinajstić information content (AvgIpc) is 2.92. The Bertz CT molecular complexity index is 1240. The fourth-order valence-corrected chi connectivity index (χ4v) is 4.49. The molecule has 7 heteroatoms. The highest BCUT2D eigenvalue weighted by molar-refractivity contribution is 6.46. The van der Waals surface area contributed by atoms with Crippen LogP contribution in [0.1, 0.15) is 61.0 Å². The maximum Gasteiger partial charge on any atom is 0.268 e. The second-order valence-corrected chi connectivity index (χ2v) is 9.52. The number of pyridine rings is 1. The number of carbonyl (C=O) groups is 1. The van der Waals surface area contributed by atoms with E-state index in [0.717, 1.165) is 11.1 Å². The first-order valence-corrected chi connectivity index (χ1v) is 12.7. The summed E-state index contributed by atoms with van der Waals surface area (Å²) in [6.45, 7) is 7.40. The molecule has 0 aliphatic carbocycles. The van der Waals surface area contributed by atoms with Crippen LogP contribution in [0, 0.1) is 5.41 Å². The Morgan fingerprint density at radius 3 is 2.22 bits per heavy atom. The topological polar surface area (TPSA) is 98.9 Å². The lowest BCUT2D eigenvalue weighted by atomic mass is 9.85. The maximum atomic E-state index is 13.3. The van der Waals surface area contributed by atoms with Gasteiger partial charge in [-0.15, -0.1) is 0 Å². The average molecular weight is 499 g/mol. The van der Waals surface area contributed by atoms with Crippen LogP contribution in [0.15, 0.2) is 78.0 Å². The molecule has 2 atom stereocenters. The van der Waals surface area contributed by atoms with Crippen molar-refractivity contribution in [3.8, 4) is 5.75 Å². The van der Waals surface area contributed by atoms with Gasteiger partial charge in [-0.05, 0) is 59.4 Å². The van der Waals surface area contributed by atoms with Crippen LogP contribution in [0.2, 0.25) is 0 Å². The van der Waals surface area contributed by atoms with E-state index < -0.39 is 5.92 Å². The van der Waals surface area contributed by atoms with Gasteiger partial charge in [0, 0.05) is 25.5 Å². The van der Waals surface area contributed by atoms with Gasteiger partial charge in [0.2, 0.25) is 0 Å². The van der Waals surface area contributed by atoms with E-state index in [2.05, 4.69) is 48.1 Å². The van der Waals surface area contributed by atoms with Crippen molar-refractivity contribution in [3.05, 3.63) is 95.3 Å². The van der Waals surface area contributed by atoms with Crippen molar-refractivity contribution in [1.82, 2.24) is 9.88 Å². The van der Waals surface area contributed by atoms with Crippen LogP contribution < -0.4 is 4.74 Å². The number of β-amino-alcohol motifs (C(OH)–C–C–N with tert-alkyl or cyclic N) is 1. The summed E-state index contributed by atoms with van der Waals surface area (Å²) in [7, 11) is 0. The van der Waals surface area contributed by atoms with Gasteiger partial charge < -0.3 is 20.2 Å². The molecule has 0 fully saturated rings. The molecule has 2 N–H and O–H groups in total. The van der Waals surface area contributed by atoms with Crippen molar-refractivity contribution >= 4 is 17.3 Å². The zero-order chi connectivity index (χ0) is 26.4. The van der Waals surface area contributed by atoms with Crippen LogP contribution in [-0.2, 0) is 4.79 Å². The largest absolute Gasteiger partial charge is 0.486 e. The van der Waals surface area contributed by atoms with E-state index in [0.29, 0.717) is 36.0 Å². The van der Waals surface area contributed by atoms with Crippen LogP contribution in [0.3, 0.4) is 0 Å². The third kappa shape index (κ3) is 6.12. The van der Waals surface area contributed by atoms with E-state index >= 15 is 0 Å². The molecule has 2 heterocycles. The molecule has 2 aromatic carbocycles. The Kier molecular flexibility index (Phi) is 8.46. The van der Waals surface area contributed by atoms with Crippen molar-refractivity contribution in [2.24, 2.45) is 4.99 Å². The molecule has 1 amide bonds. The Morgan fingerprint density at radius 2 is 1.59 bits per heavy atom. The van der Waals surface area contributed by atoms with E-state index in [1.54, 1.807) is 29.4 Å². The van der Waals surface area contributed by atoms with Crippen molar-refractivity contribution in [1.29, 1.82) is 5.41 Å². The second kappa shape index (κ2) is 11.9. The van der Waals surface area contributed by atoms with Crippen LogP contribution in [0.4, 0.5) is 0 Å². The predicted octanol–water partition coefficient (Wildman–Crippen LogP) is 4.77. The molecular formula is C30H34N4O3. The van der Waals surface area contributed by atoms with E-state index in [4.69, 9.17) is 10.1 Å². The van der Waals surface area contributed by atoms with E-state index in [1.807, 2.05) is 31.2 Å². The number of benzene rings is 2. The highest BCUT2D eigenvalue weighted by atomic mass is 16.5. The number of amides is 1. The zero-order valence-corrected chi connectivity index (χ0v) is 21.6. The standard InChI is InChI=1S/C30H34N4O3/c1-20(2)22-4-6-23(7-5-22)21(3)37-26-10-8-24(9-11-26)27(28(31)25-12-14-32-15-13-25)29-30(36)34(18-19-35)17-16-33-29/h4-15,20-21,27,31,35H,16-19H2,1-3H3. The van der Waals surface area contributed by atoms with Crippen LogP contribution in [0.25, 0.3) is 0 Å². The van der Waals surface area contributed by atoms with Crippen molar-refractivity contribution < 1.29 is 14.6 Å². The number of carbonyl (C=O) groups excluding carboxylic acids is 1. The lowest BCUT2D eigenvalue weighted by Crippen LogP contribution is -2.46. The van der Waals surface area contributed by atoms with Crippen LogP contribution in [0.5, 0.6) is 5.75 Å². The third-order valence-electron chi connectivity index (χ3n) is 6.68. The molecule has 7 nitrogen and oxygen atoms in total. The Hall–Kier alpha value is -3.84. The number of aromatic nitrogens is 1. The summed E-state index contributed by atoms with van der Waals surface area (Å²) >= 11 is 0. The van der Waals surface area contributed by atoms with Gasteiger partial charge in [-0.25, -0.2) is 0 Å². The first kappa shape index (κ1) is 26.2. The Balaban J connectivity index is 1.59. The number of aliphatic imine (C=N–C) groups is 1. The molecular weight excluding hydrogens is 464 g/mol. The maximum absolute atomic E-state index is 13.3. The molecule has 0 radical (unpaired) electrons. The number of nitrogens with one attached hydrogen (secondary N) is 1. The van der Waals surface area contributed by atoms with Gasteiger partial charge in [0.25, 0.3) is 5.91 Å². The molecule has 4 rings (SSSR count). The second-order valence-electron chi connectivity index (χ2n) is 9.52. The fraction of sp³-hybridized carbons (Fsp3) is 0.333. The van der Waals surface area contributed by atoms with E-state index in [-0.39, 0.29) is 30.9 Å². The Morgan fingerprint density at radius 1 is 0.973 bits per heavy atom. The summed E-state index contributed by atoms with van der Waals surface area (Å²) in [6.07, 6.45) is 3.14. The summed E-state index contributed by atoms with van der Waals surface area (Å²) < 4.78 is 6.20. The van der Waals surface area contributed by atoms with Gasteiger partial charge in [-0.1, -0.05) is 50.2 Å². The van der Waals surface area contributed by atoms with Crippen molar-refractivity contribution in [2.75, 3.05) is 26.2 Å². The highest BCUT2D eigenvalue weighted by Gasteiger charge is 2.34. The fourth-order valence-electron chi connectivity index (χ4n) is 4.49. The molecule has 1 aliphatic rings. The van der Waals surface area contributed by atoms with Gasteiger partial charge in [-0.2, -0.15) is 0 Å². The SMILES string of the molecule is CC(C)c1ccc(C(C)Oc2ccc(C(C(=N)c3ccncc3)C3=NCCN(CCO)C3=O)cc2)cc1. The van der Waals surface area contributed by atoms with E-state index in [1.165, 1.54) is 5.56 Å². The van der Waals surface area contributed by atoms with Gasteiger partial charge in [0.05, 0.1) is 24.8 Å². The summed E-state index contributed by atoms with van der Waals surface area (Å²) in [5.74, 6) is 0.291. The lowest BCUT2D eigenvalue weighted by molar-refractivity contribution is -0.125. The molecule has 37 heavy (non-hydrogen) atoms. The lowest BCUT2D eigenvalue weighted by Gasteiger charge is -2.30. The monoisotopic (exact) mass is 498 g/mol. The predicted molar refractivity (Wildman–Crippen MR) is 146 cm³/mol. The van der Waals surface area contributed by atoms with Crippen LogP contribution >= 0.6 is 0 Å². The van der Waals surface area contributed by atoms with Crippen molar-refractivity contribution in [2.45, 2.75) is 38.7 Å². The smallest absolute Gasteiger partial charge is 0.268 e. The minimum Gasteiger partial charge on any atom is -0.486 e. The van der Waals surface area contributed by atoms with Gasteiger partial charge in [0.15, 0.2) is 0 Å². The molecule has 0 spiro atoms. The zero-order valence-electron chi connectivity index (χ0n) is 21.6. The number of nitrogens with zero attached hydrogens (tertiary/aromatic N) is 3. The minimum atomic E-state index is -0.647. The quantitative estimate of drug-likeness (QED) is 0.393. The molecule has 1 aromatic heterocycles.